The third-order valence-electron chi connectivity index (χ3n) is 2.96. The van der Waals surface area contributed by atoms with Crippen molar-refractivity contribution in [3.8, 4) is 0 Å². The van der Waals surface area contributed by atoms with Crippen LogP contribution >= 0.6 is 0 Å². The molecule has 0 radical (unpaired) electrons. The number of aryl methyl sites for hydroxylation is 1. The van der Waals surface area contributed by atoms with Gasteiger partial charge in [-0.3, -0.25) is 0 Å². The maximum absolute atomic E-state index is 13.1. The molecule has 0 aliphatic heterocycles. The van der Waals surface area contributed by atoms with E-state index in [1.807, 2.05) is 0 Å². The number of nitrogens with zero attached hydrogens (tertiary/aromatic N) is 3. The lowest BCUT2D eigenvalue weighted by molar-refractivity contribution is -0.157. The van der Waals surface area contributed by atoms with Crippen LogP contribution in [0.5, 0.6) is 0 Å². The zero-order valence-corrected chi connectivity index (χ0v) is 10.9. The van der Waals surface area contributed by atoms with E-state index in [-0.39, 0.29) is 12.1 Å². The molecule has 1 aromatic carbocycles. The van der Waals surface area contributed by atoms with E-state index in [9.17, 15) is 13.2 Å². The van der Waals surface area contributed by atoms with Crippen molar-refractivity contribution in [2.24, 2.45) is 7.05 Å². The molecule has 0 saturated carbocycles. The van der Waals surface area contributed by atoms with Crippen molar-refractivity contribution in [1.82, 2.24) is 20.1 Å². The first kappa shape index (κ1) is 14.5. The minimum Gasteiger partial charge on any atom is -0.321 e. The molecule has 0 bridgehead atoms. The van der Waals surface area contributed by atoms with E-state index in [4.69, 9.17) is 0 Å². The molecule has 0 spiro atoms. The van der Waals surface area contributed by atoms with Gasteiger partial charge < -0.3 is 9.88 Å². The summed E-state index contributed by atoms with van der Waals surface area (Å²) in [7, 11) is 1.76. The maximum Gasteiger partial charge on any atom is 0.407 e. The van der Waals surface area contributed by atoms with Crippen LogP contribution < -0.4 is 5.32 Å². The van der Waals surface area contributed by atoms with Crippen LogP contribution in [0.2, 0.25) is 0 Å². The third-order valence-corrected chi connectivity index (χ3v) is 2.96. The van der Waals surface area contributed by atoms with Crippen molar-refractivity contribution < 1.29 is 13.2 Å². The van der Waals surface area contributed by atoms with Crippen LogP contribution in [0, 0.1) is 0 Å². The number of nitrogens with one attached hydrogen (secondary N) is 1. The maximum atomic E-state index is 13.1. The van der Waals surface area contributed by atoms with Crippen molar-refractivity contribution in [3.05, 3.63) is 48.0 Å². The quantitative estimate of drug-likeness (QED) is 0.915. The Morgan fingerprint density at radius 1 is 1.25 bits per heavy atom. The largest absolute Gasteiger partial charge is 0.407 e. The topological polar surface area (TPSA) is 42.7 Å². The summed E-state index contributed by atoms with van der Waals surface area (Å²) in [6.07, 6.45) is -2.43. The Morgan fingerprint density at radius 2 is 1.95 bits per heavy atom. The highest BCUT2D eigenvalue weighted by atomic mass is 19.4. The van der Waals surface area contributed by atoms with Gasteiger partial charge in [0, 0.05) is 20.0 Å². The average molecular weight is 284 g/mol. The lowest BCUT2D eigenvalue weighted by atomic mass is 10.1. The molecule has 108 valence electrons. The second kappa shape index (κ2) is 6.04. The van der Waals surface area contributed by atoms with E-state index in [0.29, 0.717) is 12.2 Å². The minimum absolute atomic E-state index is 0.172. The molecule has 0 fully saturated rings. The van der Waals surface area contributed by atoms with Gasteiger partial charge in [-0.15, -0.1) is 10.2 Å². The zero-order chi connectivity index (χ0) is 14.6. The number of alkyl halides is 3. The fourth-order valence-corrected chi connectivity index (χ4v) is 1.93. The molecule has 2 rings (SSSR count). The van der Waals surface area contributed by atoms with Crippen LogP contribution in [-0.4, -0.2) is 27.5 Å². The summed E-state index contributed by atoms with van der Waals surface area (Å²) in [5.74, 6) is 0.645. The van der Waals surface area contributed by atoms with Gasteiger partial charge in [0.05, 0.1) is 0 Å². The number of hydrogen-bond acceptors (Lipinski definition) is 3. The molecule has 7 heteroatoms. The van der Waals surface area contributed by atoms with Gasteiger partial charge in [0.1, 0.15) is 18.2 Å². The Bertz CT molecular complexity index is 536. The standard InChI is InChI=1S/C13H15F3N4/c1-20-9-18-19-11(20)7-8-17-12(13(14,15)16)10-5-3-2-4-6-10/h2-6,9,12,17H,7-8H2,1H3. The Hall–Kier alpha value is -1.89. The monoisotopic (exact) mass is 284 g/mol. The summed E-state index contributed by atoms with van der Waals surface area (Å²) >= 11 is 0. The number of rotatable bonds is 5. The molecular weight excluding hydrogens is 269 g/mol. The van der Waals surface area contributed by atoms with Crippen molar-refractivity contribution in [2.45, 2.75) is 18.6 Å². The number of halogens is 3. The summed E-state index contributed by atoms with van der Waals surface area (Å²) in [4.78, 5) is 0. The SMILES string of the molecule is Cn1cnnc1CCNC(c1ccccc1)C(F)(F)F. The first-order valence-electron chi connectivity index (χ1n) is 6.16. The molecule has 1 heterocycles. The molecule has 1 unspecified atom stereocenters. The molecule has 0 saturated heterocycles. The van der Waals surface area contributed by atoms with Crippen LogP contribution in [0.15, 0.2) is 36.7 Å². The fraction of sp³-hybridized carbons (Fsp3) is 0.385. The molecule has 1 aromatic heterocycles. The second-order valence-corrected chi connectivity index (χ2v) is 4.45. The summed E-state index contributed by atoms with van der Waals surface area (Å²) in [6.45, 7) is 0.172. The molecule has 0 aliphatic carbocycles. The normalized spacial score (nSPS) is 13.4. The highest BCUT2D eigenvalue weighted by Gasteiger charge is 2.40. The average Bonchev–Trinajstić information content (AvgIpc) is 2.80. The predicted octanol–water partition coefficient (Wildman–Crippen LogP) is 2.25. The van der Waals surface area contributed by atoms with Crippen molar-refractivity contribution in [3.63, 3.8) is 0 Å². The molecule has 0 aliphatic rings. The number of benzene rings is 1. The highest BCUT2D eigenvalue weighted by Crippen LogP contribution is 2.32. The lowest BCUT2D eigenvalue weighted by Gasteiger charge is -2.22. The zero-order valence-electron chi connectivity index (χ0n) is 10.9. The Balaban J connectivity index is 2.01. The van der Waals surface area contributed by atoms with Gasteiger partial charge in [-0.1, -0.05) is 30.3 Å². The van der Waals surface area contributed by atoms with Crippen LogP contribution in [0.3, 0.4) is 0 Å². The summed E-state index contributed by atoms with van der Waals surface area (Å²) in [6, 6.07) is 6.14. The summed E-state index contributed by atoms with van der Waals surface area (Å²) in [5.41, 5.74) is 0.206. The second-order valence-electron chi connectivity index (χ2n) is 4.45. The Labute approximate surface area is 114 Å². The van der Waals surface area contributed by atoms with Gasteiger partial charge in [0.2, 0.25) is 0 Å². The Kier molecular flexibility index (Phi) is 4.39. The number of aromatic nitrogens is 3. The van der Waals surface area contributed by atoms with E-state index in [1.165, 1.54) is 18.5 Å². The van der Waals surface area contributed by atoms with Gasteiger partial charge in [0.15, 0.2) is 0 Å². The number of hydrogen-bond donors (Lipinski definition) is 1. The molecule has 0 amide bonds. The Morgan fingerprint density at radius 3 is 2.50 bits per heavy atom. The van der Waals surface area contributed by atoms with E-state index in [1.54, 1.807) is 29.8 Å². The van der Waals surface area contributed by atoms with Crippen molar-refractivity contribution >= 4 is 0 Å². The smallest absolute Gasteiger partial charge is 0.321 e. The minimum atomic E-state index is -4.33. The van der Waals surface area contributed by atoms with Crippen molar-refractivity contribution in [2.75, 3.05) is 6.54 Å². The molecule has 4 nitrogen and oxygen atoms in total. The van der Waals surface area contributed by atoms with E-state index in [0.717, 1.165) is 0 Å². The van der Waals surface area contributed by atoms with Crippen molar-refractivity contribution in [1.29, 1.82) is 0 Å². The van der Waals surface area contributed by atoms with Crippen LogP contribution in [0.25, 0.3) is 0 Å². The van der Waals surface area contributed by atoms with Gasteiger partial charge >= 0.3 is 6.18 Å². The first-order chi connectivity index (χ1) is 9.48. The van der Waals surface area contributed by atoms with Gasteiger partial charge in [-0.05, 0) is 5.56 Å². The summed E-state index contributed by atoms with van der Waals surface area (Å²) < 4.78 is 40.9. The predicted molar refractivity (Wildman–Crippen MR) is 67.9 cm³/mol. The van der Waals surface area contributed by atoms with E-state index in [2.05, 4.69) is 15.5 Å². The van der Waals surface area contributed by atoms with Gasteiger partial charge in [-0.2, -0.15) is 13.2 Å². The van der Waals surface area contributed by atoms with E-state index < -0.39 is 12.2 Å². The third kappa shape index (κ3) is 3.57. The van der Waals surface area contributed by atoms with Gasteiger partial charge in [-0.25, -0.2) is 0 Å². The molecule has 1 atom stereocenters. The van der Waals surface area contributed by atoms with Crippen LogP contribution in [0.1, 0.15) is 17.4 Å². The molecular formula is C13H15F3N4. The molecule has 2 aromatic rings. The van der Waals surface area contributed by atoms with Crippen LogP contribution in [-0.2, 0) is 13.5 Å². The molecule has 1 N–H and O–H groups in total. The lowest BCUT2D eigenvalue weighted by Crippen LogP contribution is -2.35. The fourth-order valence-electron chi connectivity index (χ4n) is 1.93. The van der Waals surface area contributed by atoms with Gasteiger partial charge in [0.25, 0.3) is 0 Å². The molecule has 20 heavy (non-hydrogen) atoms. The van der Waals surface area contributed by atoms with Crippen LogP contribution in [0.4, 0.5) is 13.2 Å². The first-order valence-corrected chi connectivity index (χ1v) is 6.16. The highest BCUT2D eigenvalue weighted by molar-refractivity contribution is 5.20. The summed E-state index contributed by atoms with van der Waals surface area (Å²) in [5, 5.41) is 10.1. The van der Waals surface area contributed by atoms with E-state index >= 15 is 0 Å².